The van der Waals surface area contributed by atoms with Gasteiger partial charge in [0.25, 0.3) is 5.91 Å². The number of carbonyl (C=O) groups excluding carboxylic acids is 3. The number of carbonyl (C=O) groups is 3. The van der Waals surface area contributed by atoms with E-state index in [1.807, 2.05) is 79.7 Å². The molecule has 160 valence electrons. The minimum Gasteiger partial charge on any atom is -0.456 e. The molecule has 6 nitrogen and oxygen atoms in total. The predicted octanol–water partition coefficient (Wildman–Crippen LogP) is 4.37. The third-order valence-electron chi connectivity index (χ3n) is 4.89. The maximum Gasteiger partial charge on any atom is 0.306 e. The summed E-state index contributed by atoms with van der Waals surface area (Å²) in [6.07, 6.45) is 0.609. The monoisotopic (exact) mass is 418 g/mol. The molecule has 0 aliphatic heterocycles. The largest absolute Gasteiger partial charge is 0.456 e. The van der Waals surface area contributed by atoms with E-state index >= 15 is 0 Å². The van der Waals surface area contributed by atoms with Crippen LogP contribution in [0.5, 0.6) is 0 Å². The van der Waals surface area contributed by atoms with E-state index in [0.717, 1.165) is 22.0 Å². The highest BCUT2D eigenvalue weighted by atomic mass is 16.5. The van der Waals surface area contributed by atoms with E-state index in [-0.39, 0.29) is 37.3 Å². The van der Waals surface area contributed by atoms with Gasteiger partial charge in [0.1, 0.15) is 0 Å². The molecule has 3 rings (SSSR count). The number of esters is 1. The maximum absolute atomic E-state index is 12.2. The second-order valence-corrected chi connectivity index (χ2v) is 7.29. The molecular formula is C25H26N2O4. The van der Waals surface area contributed by atoms with Gasteiger partial charge in [0.15, 0.2) is 6.61 Å². The van der Waals surface area contributed by atoms with Crippen molar-refractivity contribution in [3.63, 3.8) is 0 Å². The van der Waals surface area contributed by atoms with Crippen LogP contribution in [-0.4, -0.2) is 24.4 Å². The molecular weight excluding hydrogens is 392 g/mol. The van der Waals surface area contributed by atoms with Gasteiger partial charge in [-0.25, -0.2) is 0 Å². The van der Waals surface area contributed by atoms with Crippen molar-refractivity contribution in [2.75, 3.05) is 11.9 Å². The summed E-state index contributed by atoms with van der Waals surface area (Å²) < 4.78 is 5.02. The molecule has 2 amide bonds. The van der Waals surface area contributed by atoms with Gasteiger partial charge in [-0.15, -0.1) is 0 Å². The maximum atomic E-state index is 12.2. The zero-order chi connectivity index (χ0) is 22.1. The van der Waals surface area contributed by atoms with E-state index in [1.54, 1.807) is 0 Å². The Morgan fingerprint density at radius 1 is 0.839 bits per heavy atom. The molecule has 0 radical (unpaired) electrons. The molecule has 0 heterocycles. The van der Waals surface area contributed by atoms with Gasteiger partial charge in [-0.1, -0.05) is 66.7 Å². The smallest absolute Gasteiger partial charge is 0.306 e. The lowest BCUT2D eigenvalue weighted by molar-refractivity contribution is -0.148. The van der Waals surface area contributed by atoms with Gasteiger partial charge >= 0.3 is 5.97 Å². The Kier molecular flexibility index (Phi) is 7.76. The number of ether oxygens (including phenoxy) is 1. The van der Waals surface area contributed by atoms with E-state index in [4.69, 9.17) is 4.74 Å². The van der Waals surface area contributed by atoms with Crippen LogP contribution < -0.4 is 10.6 Å². The number of rotatable bonds is 9. The Hall–Kier alpha value is -3.67. The summed E-state index contributed by atoms with van der Waals surface area (Å²) in [5.74, 6) is -1.03. The van der Waals surface area contributed by atoms with Gasteiger partial charge in [0.2, 0.25) is 5.91 Å². The summed E-state index contributed by atoms with van der Waals surface area (Å²) >= 11 is 0. The zero-order valence-electron chi connectivity index (χ0n) is 17.5. The van der Waals surface area contributed by atoms with Crippen molar-refractivity contribution < 1.29 is 19.1 Å². The first-order valence-electron chi connectivity index (χ1n) is 10.3. The third kappa shape index (κ3) is 6.67. The molecule has 1 atom stereocenters. The summed E-state index contributed by atoms with van der Waals surface area (Å²) in [6.45, 7) is 1.53. The lowest BCUT2D eigenvalue weighted by atomic mass is 10.1. The molecule has 2 N–H and O–H groups in total. The van der Waals surface area contributed by atoms with E-state index in [9.17, 15) is 14.4 Å². The van der Waals surface area contributed by atoms with Gasteiger partial charge in [-0.05, 0) is 30.4 Å². The standard InChI is InChI=1S/C25H26N2O4/c1-18(19-9-3-2-4-10-19)26-24(29)17-31-25(30)16-8-15-23(28)27-22-14-7-12-20-11-5-6-13-21(20)22/h2-7,9-14,18H,8,15-17H2,1H3,(H,26,29)(H,27,28)/t18-/m0/s1. The number of amides is 2. The minimum atomic E-state index is -0.500. The van der Waals surface area contributed by atoms with Gasteiger partial charge in [-0.2, -0.15) is 0 Å². The topological polar surface area (TPSA) is 84.5 Å². The quantitative estimate of drug-likeness (QED) is 0.506. The fourth-order valence-electron chi connectivity index (χ4n) is 3.27. The number of benzene rings is 3. The lowest BCUT2D eigenvalue weighted by Gasteiger charge is -2.14. The lowest BCUT2D eigenvalue weighted by Crippen LogP contribution is -2.31. The number of fused-ring (bicyclic) bond motifs is 1. The van der Waals surface area contributed by atoms with Crippen LogP contribution >= 0.6 is 0 Å². The summed E-state index contributed by atoms with van der Waals surface area (Å²) in [5.41, 5.74) is 1.72. The van der Waals surface area contributed by atoms with Crippen molar-refractivity contribution in [3.05, 3.63) is 78.4 Å². The molecule has 0 unspecified atom stereocenters. The van der Waals surface area contributed by atoms with Crippen LogP contribution in [0.3, 0.4) is 0 Å². The highest BCUT2D eigenvalue weighted by Gasteiger charge is 2.12. The average Bonchev–Trinajstić information content (AvgIpc) is 2.78. The zero-order valence-corrected chi connectivity index (χ0v) is 17.5. The number of hydrogen-bond acceptors (Lipinski definition) is 4. The molecule has 3 aromatic carbocycles. The minimum absolute atomic E-state index is 0.0739. The van der Waals surface area contributed by atoms with Gasteiger partial charge in [0.05, 0.1) is 6.04 Å². The van der Waals surface area contributed by atoms with E-state index in [0.29, 0.717) is 6.42 Å². The molecule has 0 fully saturated rings. The molecule has 0 aromatic heterocycles. The Morgan fingerprint density at radius 2 is 1.55 bits per heavy atom. The molecule has 3 aromatic rings. The fraction of sp³-hybridized carbons (Fsp3) is 0.240. The molecule has 0 aliphatic carbocycles. The fourth-order valence-corrected chi connectivity index (χ4v) is 3.27. The van der Waals surface area contributed by atoms with Crippen molar-refractivity contribution in [1.82, 2.24) is 5.32 Å². The van der Waals surface area contributed by atoms with Crippen LogP contribution in [0.2, 0.25) is 0 Å². The van der Waals surface area contributed by atoms with Crippen LogP contribution in [-0.2, 0) is 19.1 Å². The Balaban J connectivity index is 1.36. The van der Waals surface area contributed by atoms with Crippen LogP contribution in [0.15, 0.2) is 72.8 Å². The molecule has 0 saturated carbocycles. The summed E-state index contributed by atoms with van der Waals surface area (Å²) in [4.78, 5) is 36.1. The van der Waals surface area contributed by atoms with E-state index in [2.05, 4.69) is 10.6 Å². The molecule has 0 spiro atoms. The molecule has 0 saturated heterocycles. The van der Waals surface area contributed by atoms with E-state index < -0.39 is 5.97 Å². The Labute approximate surface area is 181 Å². The van der Waals surface area contributed by atoms with E-state index in [1.165, 1.54) is 0 Å². The normalized spacial score (nSPS) is 11.5. The predicted molar refractivity (Wildman–Crippen MR) is 120 cm³/mol. The second kappa shape index (κ2) is 10.9. The summed E-state index contributed by atoms with van der Waals surface area (Å²) in [6, 6.07) is 22.9. The van der Waals surface area contributed by atoms with Crippen molar-refractivity contribution in [3.8, 4) is 0 Å². The van der Waals surface area contributed by atoms with Crippen molar-refractivity contribution >= 4 is 34.2 Å². The highest BCUT2D eigenvalue weighted by molar-refractivity contribution is 6.02. The number of nitrogens with one attached hydrogen (secondary N) is 2. The average molecular weight is 418 g/mol. The van der Waals surface area contributed by atoms with Crippen molar-refractivity contribution in [2.24, 2.45) is 0 Å². The number of anilines is 1. The molecule has 0 aliphatic rings. The van der Waals surface area contributed by atoms with Gasteiger partial charge in [-0.3, -0.25) is 14.4 Å². The first-order chi connectivity index (χ1) is 15.0. The summed E-state index contributed by atoms with van der Waals surface area (Å²) in [5, 5.41) is 7.69. The van der Waals surface area contributed by atoms with Gasteiger partial charge in [0, 0.05) is 23.9 Å². The molecule has 0 bridgehead atoms. The number of hydrogen-bond donors (Lipinski definition) is 2. The first kappa shape index (κ1) is 22.0. The first-order valence-corrected chi connectivity index (χ1v) is 10.3. The summed E-state index contributed by atoms with van der Waals surface area (Å²) in [7, 11) is 0. The van der Waals surface area contributed by atoms with Crippen LogP contribution in [0.4, 0.5) is 5.69 Å². The Morgan fingerprint density at radius 3 is 2.35 bits per heavy atom. The third-order valence-corrected chi connectivity index (χ3v) is 4.89. The molecule has 6 heteroatoms. The SMILES string of the molecule is C[C@H](NC(=O)COC(=O)CCCC(=O)Nc1cccc2ccccc12)c1ccccc1. The Bertz CT molecular complexity index is 1040. The second-order valence-electron chi connectivity index (χ2n) is 7.29. The van der Waals surface area contributed by atoms with Crippen molar-refractivity contribution in [2.45, 2.75) is 32.2 Å². The van der Waals surface area contributed by atoms with Gasteiger partial charge < -0.3 is 15.4 Å². The van der Waals surface area contributed by atoms with Crippen LogP contribution in [0, 0.1) is 0 Å². The van der Waals surface area contributed by atoms with Crippen LogP contribution in [0.25, 0.3) is 10.8 Å². The molecule has 31 heavy (non-hydrogen) atoms. The van der Waals surface area contributed by atoms with Crippen molar-refractivity contribution in [1.29, 1.82) is 0 Å². The highest BCUT2D eigenvalue weighted by Crippen LogP contribution is 2.23. The van der Waals surface area contributed by atoms with Crippen LogP contribution in [0.1, 0.15) is 37.8 Å².